The molecular weight excluding hydrogens is 227 g/mol. The first kappa shape index (κ1) is 12.1. The molecule has 0 saturated heterocycles. The molecule has 0 aliphatic carbocycles. The molecule has 8 heteroatoms. The minimum atomic E-state index is -4.81. The quantitative estimate of drug-likeness (QED) is 0.412. The minimum Gasteiger partial charge on any atom is -0.403 e. The molecule has 16 heavy (non-hydrogen) atoms. The molecule has 0 bridgehead atoms. The van der Waals surface area contributed by atoms with Crippen molar-refractivity contribution < 1.29 is 23.1 Å². The maximum Gasteiger partial charge on any atom is 0.573 e. The molecule has 4 N–H and O–H groups in total. The molecule has 5 nitrogen and oxygen atoms in total. The standard InChI is InChI=1S/C8H8F3N3O2/c9-8(10,11)16-6-4-2-1-3-5(6)13-7(12)14-15/h1-4,15H,(H3,12,13,14). The van der Waals surface area contributed by atoms with Crippen molar-refractivity contribution in [2.24, 2.45) is 10.7 Å². The number of para-hydroxylation sites is 2. The predicted octanol–water partition coefficient (Wildman–Crippen LogP) is 1.51. The van der Waals surface area contributed by atoms with Crippen molar-refractivity contribution in [1.29, 1.82) is 0 Å². The van der Waals surface area contributed by atoms with Gasteiger partial charge in [0.25, 0.3) is 0 Å². The van der Waals surface area contributed by atoms with E-state index in [2.05, 4.69) is 9.73 Å². The Hall–Kier alpha value is -1.96. The molecular formula is C8H8F3N3O2. The molecule has 0 atom stereocenters. The molecule has 0 unspecified atom stereocenters. The van der Waals surface area contributed by atoms with Gasteiger partial charge in [0.05, 0.1) is 0 Å². The first-order valence-corrected chi connectivity index (χ1v) is 4.01. The second-order valence-electron chi connectivity index (χ2n) is 2.62. The Labute approximate surface area is 88.3 Å². The molecule has 0 aromatic heterocycles. The van der Waals surface area contributed by atoms with Gasteiger partial charge in [-0.15, -0.1) is 13.2 Å². The summed E-state index contributed by atoms with van der Waals surface area (Å²) in [6, 6.07) is 5.14. The second kappa shape index (κ2) is 4.71. The van der Waals surface area contributed by atoms with Gasteiger partial charge in [-0.3, -0.25) is 5.21 Å². The average Bonchev–Trinajstić information content (AvgIpc) is 2.18. The molecule has 0 spiro atoms. The number of rotatable bonds is 2. The summed E-state index contributed by atoms with van der Waals surface area (Å²) in [4.78, 5) is 3.47. The highest BCUT2D eigenvalue weighted by molar-refractivity contribution is 5.80. The predicted molar refractivity (Wildman–Crippen MR) is 49.3 cm³/mol. The third-order valence-electron chi connectivity index (χ3n) is 1.45. The van der Waals surface area contributed by atoms with Crippen LogP contribution in [-0.4, -0.2) is 17.5 Å². The number of aliphatic imine (C=N–C) groups is 1. The monoisotopic (exact) mass is 235 g/mol. The summed E-state index contributed by atoms with van der Waals surface area (Å²) in [6.45, 7) is 0. The van der Waals surface area contributed by atoms with E-state index in [0.29, 0.717) is 0 Å². The Morgan fingerprint density at radius 1 is 1.38 bits per heavy atom. The number of hydroxylamine groups is 1. The zero-order valence-corrected chi connectivity index (χ0v) is 7.82. The fourth-order valence-corrected chi connectivity index (χ4v) is 0.915. The van der Waals surface area contributed by atoms with Crippen LogP contribution in [0.5, 0.6) is 5.75 Å². The molecule has 1 aromatic carbocycles. The van der Waals surface area contributed by atoms with Gasteiger partial charge >= 0.3 is 6.36 Å². The molecule has 0 radical (unpaired) electrons. The summed E-state index contributed by atoms with van der Waals surface area (Å²) in [6.07, 6.45) is -4.81. The summed E-state index contributed by atoms with van der Waals surface area (Å²) in [5.41, 5.74) is 6.43. The molecule has 1 aromatic rings. The van der Waals surface area contributed by atoms with Gasteiger partial charge in [0, 0.05) is 0 Å². The average molecular weight is 235 g/mol. The fraction of sp³-hybridized carbons (Fsp3) is 0.125. The van der Waals surface area contributed by atoms with Gasteiger partial charge in [-0.2, -0.15) is 0 Å². The van der Waals surface area contributed by atoms with Crippen molar-refractivity contribution in [3.8, 4) is 5.75 Å². The van der Waals surface area contributed by atoms with Gasteiger partial charge < -0.3 is 10.5 Å². The number of guanidine groups is 1. The largest absolute Gasteiger partial charge is 0.573 e. The number of hydrogen-bond acceptors (Lipinski definition) is 3. The minimum absolute atomic E-state index is 0.154. The molecule has 0 fully saturated rings. The van der Waals surface area contributed by atoms with E-state index in [1.807, 2.05) is 0 Å². The van der Waals surface area contributed by atoms with Crippen molar-refractivity contribution >= 4 is 11.6 Å². The second-order valence-corrected chi connectivity index (χ2v) is 2.62. The third kappa shape index (κ3) is 3.65. The van der Waals surface area contributed by atoms with Crippen LogP contribution in [-0.2, 0) is 0 Å². The fourth-order valence-electron chi connectivity index (χ4n) is 0.915. The SMILES string of the molecule is NC(=Nc1ccccc1OC(F)(F)F)NO. The zero-order valence-electron chi connectivity index (χ0n) is 7.82. The summed E-state index contributed by atoms with van der Waals surface area (Å²) in [5.74, 6) is -0.952. The molecule has 0 amide bonds. The first-order valence-electron chi connectivity index (χ1n) is 4.01. The number of nitrogens with one attached hydrogen (secondary N) is 1. The third-order valence-corrected chi connectivity index (χ3v) is 1.45. The lowest BCUT2D eigenvalue weighted by Gasteiger charge is -2.10. The lowest BCUT2D eigenvalue weighted by molar-refractivity contribution is -0.274. The van der Waals surface area contributed by atoms with Gasteiger partial charge in [-0.1, -0.05) is 12.1 Å². The van der Waals surface area contributed by atoms with E-state index in [1.54, 1.807) is 0 Å². The van der Waals surface area contributed by atoms with E-state index in [9.17, 15) is 13.2 Å². The molecule has 0 aliphatic rings. The van der Waals surface area contributed by atoms with Crippen molar-refractivity contribution in [1.82, 2.24) is 5.48 Å². The Balaban J connectivity index is 3.01. The molecule has 88 valence electrons. The number of nitrogens with zero attached hydrogens (tertiary/aromatic N) is 1. The highest BCUT2D eigenvalue weighted by atomic mass is 19.4. The van der Waals surface area contributed by atoms with Gasteiger partial charge in [-0.05, 0) is 12.1 Å². The van der Waals surface area contributed by atoms with Crippen molar-refractivity contribution in [3.05, 3.63) is 24.3 Å². The van der Waals surface area contributed by atoms with E-state index < -0.39 is 18.1 Å². The lowest BCUT2D eigenvalue weighted by Crippen LogP contribution is -2.27. The number of hydrogen-bond donors (Lipinski definition) is 3. The number of halogens is 3. The van der Waals surface area contributed by atoms with Crippen LogP contribution in [0.4, 0.5) is 18.9 Å². The molecule has 1 rings (SSSR count). The summed E-state index contributed by atoms with van der Waals surface area (Å²) in [5, 5.41) is 8.35. The van der Waals surface area contributed by atoms with Crippen LogP contribution in [0.15, 0.2) is 29.3 Å². The van der Waals surface area contributed by atoms with Crippen LogP contribution in [0, 0.1) is 0 Å². The smallest absolute Gasteiger partial charge is 0.403 e. The van der Waals surface area contributed by atoms with E-state index in [-0.39, 0.29) is 5.69 Å². The van der Waals surface area contributed by atoms with Crippen LogP contribution in [0.3, 0.4) is 0 Å². The Bertz CT molecular complexity index is 392. The van der Waals surface area contributed by atoms with Gasteiger partial charge in [0.15, 0.2) is 5.75 Å². The highest BCUT2D eigenvalue weighted by Crippen LogP contribution is 2.31. The maximum atomic E-state index is 12.0. The summed E-state index contributed by atoms with van der Waals surface area (Å²) >= 11 is 0. The lowest BCUT2D eigenvalue weighted by atomic mass is 10.3. The van der Waals surface area contributed by atoms with Gasteiger partial charge in [0.2, 0.25) is 5.96 Å². The maximum absolute atomic E-state index is 12.0. The van der Waals surface area contributed by atoms with Crippen LogP contribution in [0.1, 0.15) is 0 Å². The topological polar surface area (TPSA) is 79.9 Å². The highest BCUT2D eigenvalue weighted by Gasteiger charge is 2.32. The normalized spacial score (nSPS) is 12.4. The summed E-state index contributed by atoms with van der Waals surface area (Å²) < 4.78 is 39.6. The van der Waals surface area contributed by atoms with Crippen molar-refractivity contribution in [3.63, 3.8) is 0 Å². The van der Waals surface area contributed by atoms with E-state index in [1.165, 1.54) is 23.7 Å². The van der Waals surface area contributed by atoms with Crippen LogP contribution >= 0.6 is 0 Å². The first-order chi connectivity index (χ1) is 7.42. The van der Waals surface area contributed by atoms with Gasteiger partial charge in [0.1, 0.15) is 5.69 Å². The Morgan fingerprint density at radius 2 is 2.00 bits per heavy atom. The van der Waals surface area contributed by atoms with E-state index in [4.69, 9.17) is 10.9 Å². The van der Waals surface area contributed by atoms with Crippen molar-refractivity contribution in [2.45, 2.75) is 6.36 Å². The number of ether oxygens (including phenoxy) is 1. The van der Waals surface area contributed by atoms with Crippen LogP contribution < -0.4 is 16.0 Å². The number of nitrogens with two attached hydrogens (primary N) is 1. The molecule has 0 heterocycles. The van der Waals surface area contributed by atoms with E-state index >= 15 is 0 Å². The molecule has 0 saturated carbocycles. The van der Waals surface area contributed by atoms with E-state index in [0.717, 1.165) is 6.07 Å². The Kier molecular flexibility index (Phi) is 3.56. The zero-order chi connectivity index (χ0) is 12.2. The van der Waals surface area contributed by atoms with Crippen LogP contribution in [0.25, 0.3) is 0 Å². The van der Waals surface area contributed by atoms with Crippen LogP contribution in [0.2, 0.25) is 0 Å². The number of benzene rings is 1. The molecule has 0 aliphatic heterocycles. The van der Waals surface area contributed by atoms with Gasteiger partial charge in [-0.25, -0.2) is 10.5 Å². The van der Waals surface area contributed by atoms with Crippen molar-refractivity contribution in [2.75, 3.05) is 0 Å². The summed E-state index contributed by atoms with van der Waals surface area (Å²) in [7, 11) is 0. The number of alkyl halides is 3. The Morgan fingerprint density at radius 3 is 2.56 bits per heavy atom.